The van der Waals surface area contributed by atoms with Crippen LogP contribution in [0.15, 0.2) is 40.9 Å². The lowest BCUT2D eigenvalue weighted by Crippen LogP contribution is -1.91. The fraction of sp³-hybridized carbons (Fsp3) is 0. The van der Waals surface area contributed by atoms with E-state index in [2.05, 4.69) is 27.8 Å². The van der Waals surface area contributed by atoms with Gasteiger partial charge in [-0.2, -0.15) is 0 Å². The van der Waals surface area contributed by atoms with Crippen LogP contribution in [0.5, 0.6) is 0 Å². The summed E-state index contributed by atoms with van der Waals surface area (Å²) < 4.78 is 0.0564. The Bertz CT molecular complexity index is 410. The first kappa shape index (κ1) is 10.6. The number of carboxylic acid groups (broad SMARTS) is 1. The van der Waals surface area contributed by atoms with Gasteiger partial charge in [-0.1, -0.05) is 30.0 Å². The largest absolute Gasteiger partial charge is 0.477 e. The average Bonchev–Trinajstić information content (AvgIpc) is 2.19. The highest BCUT2D eigenvalue weighted by atomic mass is 79.9. The van der Waals surface area contributed by atoms with Crippen LogP contribution in [-0.4, -0.2) is 11.1 Å². The van der Waals surface area contributed by atoms with Gasteiger partial charge >= 0.3 is 5.97 Å². The summed E-state index contributed by atoms with van der Waals surface area (Å²) in [5.74, 6) is 4.43. The molecule has 0 unspecified atom stereocenters. The van der Waals surface area contributed by atoms with Gasteiger partial charge in [0.1, 0.15) is 4.48 Å². The van der Waals surface area contributed by atoms with E-state index >= 15 is 0 Å². The van der Waals surface area contributed by atoms with Crippen molar-refractivity contribution in [3.63, 3.8) is 0 Å². The number of halogens is 1. The Morgan fingerprint density at radius 2 is 2.00 bits per heavy atom. The molecule has 0 aromatic heterocycles. The van der Waals surface area contributed by atoms with E-state index in [0.717, 1.165) is 5.56 Å². The Morgan fingerprint density at radius 1 is 1.36 bits per heavy atom. The molecule has 0 aliphatic heterocycles. The maximum Gasteiger partial charge on any atom is 0.343 e. The molecule has 2 nitrogen and oxygen atoms in total. The molecule has 0 fully saturated rings. The van der Waals surface area contributed by atoms with Gasteiger partial charge in [-0.3, -0.25) is 0 Å². The monoisotopic (exact) mass is 250 g/mol. The van der Waals surface area contributed by atoms with E-state index in [1.54, 1.807) is 0 Å². The van der Waals surface area contributed by atoms with Gasteiger partial charge in [0, 0.05) is 11.6 Å². The van der Waals surface area contributed by atoms with E-state index in [0.29, 0.717) is 0 Å². The minimum absolute atomic E-state index is 0.0564. The minimum Gasteiger partial charge on any atom is -0.477 e. The molecular weight excluding hydrogens is 244 g/mol. The second kappa shape index (κ2) is 5.25. The van der Waals surface area contributed by atoms with Crippen LogP contribution in [0.3, 0.4) is 0 Å². The van der Waals surface area contributed by atoms with Crippen molar-refractivity contribution in [3.8, 4) is 11.8 Å². The smallest absolute Gasteiger partial charge is 0.343 e. The van der Waals surface area contributed by atoms with Crippen LogP contribution >= 0.6 is 15.9 Å². The lowest BCUT2D eigenvalue weighted by Gasteiger charge is -1.85. The zero-order valence-corrected chi connectivity index (χ0v) is 8.78. The molecule has 14 heavy (non-hydrogen) atoms. The van der Waals surface area contributed by atoms with Crippen LogP contribution in [-0.2, 0) is 4.79 Å². The fourth-order valence-electron chi connectivity index (χ4n) is 0.766. The van der Waals surface area contributed by atoms with Crippen LogP contribution in [0.4, 0.5) is 0 Å². The number of hydrogen-bond donors (Lipinski definition) is 1. The number of carboxylic acids is 1. The first-order valence-corrected chi connectivity index (χ1v) is 4.65. The normalized spacial score (nSPS) is 10.2. The summed E-state index contributed by atoms with van der Waals surface area (Å²) in [5.41, 5.74) is 0.856. The summed E-state index contributed by atoms with van der Waals surface area (Å²) in [6, 6.07) is 9.36. The van der Waals surface area contributed by atoms with Crippen molar-refractivity contribution in [2.75, 3.05) is 0 Å². The second-order valence-corrected chi connectivity index (χ2v) is 3.29. The highest BCUT2D eigenvalue weighted by Crippen LogP contribution is 2.03. The second-order valence-electron chi connectivity index (χ2n) is 2.43. The number of aliphatic carboxylic acids is 1. The molecular formula is C11H7BrO2. The van der Waals surface area contributed by atoms with Crippen molar-refractivity contribution >= 4 is 21.9 Å². The Kier molecular flexibility index (Phi) is 3.96. The average molecular weight is 251 g/mol. The summed E-state index contributed by atoms with van der Waals surface area (Å²) in [6.45, 7) is 0. The lowest BCUT2D eigenvalue weighted by atomic mass is 10.2. The fourth-order valence-corrected chi connectivity index (χ4v) is 0.880. The molecule has 0 amide bonds. The molecule has 0 radical (unpaired) electrons. The summed E-state index contributed by atoms with van der Waals surface area (Å²) in [6.07, 6.45) is 1.31. The molecule has 0 aliphatic carbocycles. The van der Waals surface area contributed by atoms with Gasteiger partial charge in [0.25, 0.3) is 0 Å². The molecule has 3 heteroatoms. The molecule has 0 atom stereocenters. The van der Waals surface area contributed by atoms with E-state index in [9.17, 15) is 4.79 Å². The summed E-state index contributed by atoms with van der Waals surface area (Å²) in [7, 11) is 0. The molecule has 1 aromatic carbocycles. The highest BCUT2D eigenvalue weighted by molar-refractivity contribution is 9.12. The first-order valence-electron chi connectivity index (χ1n) is 3.85. The Morgan fingerprint density at radius 3 is 2.57 bits per heavy atom. The van der Waals surface area contributed by atoms with Gasteiger partial charge in [-0.15, -0.1) is 0 Å². The molecule has 1 rings (SSSR count). The molecule has 0 saturated carbocycles. The van der Waals surface area contributed by atoms with Crippen molar-refractivity contribution in [1.29, 1.82) is 0 Å². The van der Waals surface area contributed by atoms with Crippen molar-refractivity contribution in [2.45, 2.75) is 0 Å². The molecule has 0 bridgehead atoms. The molecule has 1 aromatic rings. The first-order chi connectivity index (χ1) is 6.70. The third kappa shape index (κ3) is 3.46. The van der Waals surface area contributed by atoms with Crippen molar-refractivity contribution in [2.24, 2.45) is 0 Å². The van der Waals surface area contributed by atoms with E-state index in [1.807, 2.05) is 30.3 Å². The predicted molar refractivity (Wildman–Crippen MR) is 58.0 cm³/mol. The standard InChI is InChI=1S/C11H7BrO2/c12-10(11(13)14)8-4-7-9-5-2-1-3-6-9/h1-3,5-6,8H,(H,13,14)/b10-8+. The zero-order chi connectivity index (χ0) is 10.4. The van der Waals surface area contributed by atoms with Crippen LogP contribution in [0.25, 0.3) is 0 Å². The Labute approximate surface area is 90.4 Å². The number of rotatable bonds is 1. The molecule has 70 valence electrons. The number of carbonyl (C=O) groups is 1. The third-order valence-corrected chi connectivity index (χ3v) is 1.96. The molecule has 0 spiro atoms. The lowest BCUT2D eigenvalue weighted by molar-refractivity contribution is -0.131. The van der Waals surface area contributed by atoms with E-state index in [1.165, 1.54) is 6.08 Å². The minimum atomic E-state index is -1.02. The van der Waals surface area contributed by atoms with Gasteiger partial charge in [-0.05, 0) is 28.1 Å². The number of allylic oxidation sites excluding steroid dienone is 1. The number of benzene rings is 1. The summed E-state index contributed by atoms with van der Waals surface area (Å²) in [5, 5.41) is 8.50. The zero-order valence-electron chi connectivity index (χ0n) is 7.20. The van der Waals surface area contributed by atoms with Crippen LogP contribution in [0.1, 0.15) is 5.56 Å². The van der Waals surface area contributed by atoms with Crippen molar-refractivity contribution in [1.82, 2.24) is 0 Å². The predicted octanol–water partition coefficient (Wildman–Crippen LogP) is 2.40. The van der Waals surface area contributed by atoms with Crippen LogP contribution in [0, 0.1) is 11.8 Å². The molecule has 0 saturated heterocycles. The van der Waals surface area contributed by atoms with Gasteiger partial charge in [0.2, 0.25) is 0 Å². The van der Waals surface area contributed by atoms with Crippen LogP contribution in [0.2, 0.25) is 0 Å². The van der Waals surface area contributed by atoms with Crippen molar-refractivity contribution < 1.29 is 9.90 Å². The van der Waals surface area contributed by atoms with Gasteiger partial charge in [0.05, 0.1) is 0 Å². The van der Waals surface area contributed by atoms with Gasteiger partial charge in [-0.25, -0.2) is 4.79 Å². The van der Waals surface area contributed by atoms with Gasteiger partial charge < -0.3 is 5.11 Å². The van der Waals surface area contributed by atoms with Crippen LogP contribution < -0.4 is 0 Å². The quantitative estimate of drug-likeness (QED) is 0.614. The van der Waals surface area contributed by atoms with Crippen molar-refractivity contribution in [3.05, 3.63) is 46.5 Å². The maximum absolute atomic E-state index is 10.4. The Balaban J connectivity index is 2.75. The Hall–Kier alpha value is -1.53. The maximum atomic E-state index is 10.4. The third-order valence-electron chi connectivity index (χ3n) is 1.39. The van der Waals surface area contributed by atoms with E-state index < -0.39 is 5.97 Å². The SMILES string of the molecule is O=C(O)/C(Br)=C\C#Cc1ccccc1. The van der Waals surface area contributed by atoms with E-state index in [4.69, 9.17) is 5.11 Å². The highest BCUT2D eigenvalue weighted by Gasteiger charge is 1.98. The molecule has 0 aliphatic rings. The topological polar surface area (TPSA) is 37.3 Å². The van der Waals surface area contributed by atoms with Gasteiger partial charge in [0.15, 0.2) is 0 Å². The summed E-state index contributed by atoms with van der Waals surface area (Å²) in [4.78, 5) is 10.4. The van der Waals surface area contributed by atoms with E-state index in [-0.39, 0.29) is 4.48 Å². The summed E-state index contributed by atoms with van der Waals surface area (Å²) >= 11 is 2.87. The molecule has 0 heterocycles. The number of hydrogen-bond acceptors (Lipinski definition) is 1. The molecule has 1 N–H and O–H groups in total.